The average Bonchev–Trinajstić information content (AvgIpc) is 2.82. The quantitative estimate of drug-likeness (QED) is 0.468. The first-order valence-corrected chi connectivity index (χ1v) is 11.1. The summed E-state index contributed by atoms with van der Waals surface area (Å²) < 4.78 is 5.42. The SMILES string of the molecule is Cc1ccc(Sc2ccc(O)cc2)c(Nc2ncnc3nc(N4CCOCC4)ncc23)c1. The van der Waals surface area contributed by atoms with Crippen LogP contribution in [0.25, 0.3) is 11.0 Å². The van der Waals surface area contributed by atoms with Crippen LogP contribution in [-0.2, 0) is 4.74 Å². The Kier molecular flexibility index (Phi) is 5.74. The van der Waals surface area contributed by atoms with Crippen molar-refractivity contribution in [3.05, 3.63) is 60.6 Å². The van der Waals surface area contributed by atoms with E-state index in [0.717, 1.165) is 39.5 Å². The van der Waals surface area contributed by atoms with Gasteiger partial charge in [-0.05, 0) is 48.9 Å². The van der Waals surface area contributed by atoms with E-state index in [-0.39, 0.29) is 5.75 Å². The largest absolute Gasteiger partial charge is 0.508 e. The Balaban J connectivity index is 1.46. The number of anilines is 3. The van der Waals surface area contributed by atoms with Gasteiger partial charge in [-0.15, -0.1) is 0 Å². The Morgan fingerprint density at radius 1 is 1.03 bits per heavy atom. The van der Waals surface area contributed by atoms with E-state index in [1.54, 1.807) is 30.1 Å². The number of hydrogen-bond acceptors (Lipinski definition) is 9. The molecule has 1 aliphatic rings. The fourth-order valence-electron chi connectivity index (χ4n) is 3.45. The molecule has 8 nitrogen and oxygen atoms in total. The van der Waals surface area contributed by atoms with Gasteiger partial charge in [0.25, 0.3) is 0 Å². The van der Waals surface area contributed by atoms with Gasteiger partial charge in [0.1, 0.15) is 17.9 Å². The van der Waals surface area contributed by atoms with Gasteiger partial charge in [0, 0.05) is 29.1 Å². The molecule has 0 saturated carbocycles. The summed E-state index contributed by atoms with van der Waals surface area (Å²) >= 11 is 1.61. The van der Waals surface area contributed by atoms with E-state index in [1.807, 2.05) is 12.1 Å². The van der Waals surface area contributed by atoms with Gasteiger partial charge in [0.15, 0.2) is 5.65 Å². The number of fused-ring (bicyclic) bond motifs is 1. The molecule has 2 aromatic heterocycles. The summed E-state index contributed by atoms with van der Waals surface area (Å²) in [5.41, 5.74) is 2.66. The summed E-state index contributed by atoms with van der Waals surface area (Å²) in [6.45, 7) is 4.93. The number of aromatic nitrogens is 4. The van der Waals surface area contributed by atoms with Gasteiger partial charge in [-0.25, -0.2) is 15.0 Å². The van der Waals surface area contributed by atoms with Gasteiger partial charge in [-0.2, -0.15) is 4.98 Å². The summed E-state index contributed by atoms with van der Waals surface area (Å²) in [6, 6.07) is 13.4. The van der Waals surface area contributed by atoms with Crippen molar-refractivity contribution < 1.29 is 9.84 Å². The lowest BCUT2D eigenvalue weighted by molar-refractivity contribution is 0.122. The van der Waals surface area contributed by atoms with Crippen LogP contribution in [-0.4, -0.2) is 51.3 Å². The molecule has 32 heavy (non-hydrogen) atoms. The minimum atomic E-state index is 0.250. The van der Waals surface area contributed by atoms with Crippen LogP contribution in [0.2, 0.25) is 0 Å². The van der Waals surface area contributed by atoms with Crippen LogP contribution in [0.1, 0.15) is 5.56 Å². The molecule has 0 unspecified atom stereocenters. The van der Waals surface area contributed by atoms with E-state index in [4.69, 9.17) is 4.74 Å². The Morgan fingerprint density at radius 2 is 1.84 bits per heavy atom. The van der Waals surface area contributed by atoms with Gasteiger partial charge in [-0.1, -0.05) is 17.8 Å². The highest BCUT2D eigenvalue weighted by molar-refractivity contribution is 7.99. The normalized spacial score (nSPS) is 14.0. The molecule has 0 spiro atoms. The molecule has 0 atom stereocenters. The monoisotopic (exact) mass is 446 g/mol. The van der Waals surface area contributed by atoms with E-state index in [1.165, 1.54) is 6.33 Å². The van der Waals surface area contributed by atoms with Crippen molar-refractivity contribution in [1.82, 2.24) is 19.9 Å². The molecule has 162 valence electrons. The minimum Gasteiger partial charge on any atom is -0.508 e. The predicted octanol–water partition coefficient (Wildman–Crippen LogP) is 4.17. The lowest BCUT2D eigenvalue weighted by atomic mass is 10.2. The zero-order chi connectivity index (χ0) is 21.9. The summed E-state index contributed by atoms with van der Waals surface area (Å²) in [5, 5.41) is 13.8. The van der Waals surface area contributed by atoms with Crippen LogP contribution in [0.3, 0.4) is 0 Å². The van der Waals surface area contributed by atoms with Gasteiger partial charge in [0.2, 0.25) is 5.95 Å². The number of hydrogen-bond donors (Lipinski definition) is 2. The topological polar surface area (TPSA) is 96.3 Å². The van der Waals surface area contributed by atoms with Crippen molar-refractivity contribution in [3.63, 3.8) is 0 Å². The van der Waals surface area contributed by atoms with Crippen molar-refractivity contribution in [2.75, 3.05) is 36.5 Å². The fourth-order valence-corrected chi connectivity index (χ4v) is 4.34. The summed E-state index contributed by atoms with van der Waals surface area (Å²) in [7, 11) is 0. The molecule has 1 aliphatic heterocycles. The van der Waals surface area contributed by atoms with Crippen molar-refractivity contribution in [3.8, 4) is 5.75 Å². The summed E-state index contributed by atoms with van der Waals surface area (Å²) in [6.07, 6.45) is 3.29. The molecule has 0 radical (unpaired) electrons. The van der Waals surface area contributed by atoms with Gasteiger partial charge < -0.3 is 20.1 Å². The van der Waals surface area contributed by atoms with E-state index in [9.17, 15) is 5.11 Å². The number of phenolic OH excluding ortho intramolecular Hbond substituents is 1. The van der Waals surface area contributed by atoms with Gasteiger partial charge >= 0.3 is 0 Å². The highest BCUT2D eigenvalue weighted by Gasteiger charge is 2.16. The zero-order valence-corrected chi connectivity index (χ0v) is 18.3. The molecule has 0 aliphatic carbocycles. The fraction of sp³-hybridized carbons (Fsp3) is 0.217. The number of aryl methyl sites for hydroxylation is 1. The first-order valence-electron chi connectivity index (χ1n) is 10.3. The molecule has 1 fully saturated rings. The second-order valence-electron chi connectivity index (χ2n) is 7.45. The smallest absolute Gasteiger partial charge is 0.227 e. The average molecular weight is 447 g/mol. The Bertz CT molecular complexity index is 1250. The molecular weight excluding hydrogens is 424 g/mol. The molecule has 4 aromatic rings. The summed E-state index contributed by atoms with van der Waals surface area (Å²) in [5.74, 6) is 1.56. The molecule has 0 bridgehead atoms. The Labute approximate surface area is 189 Å². The molecule has 2 aromatic carbocycles. The Hall–Kier alpha value is -3.43. The number of aromatic hydroxyl groups is 1. The summed E-state index contributed by atoms with van der Waals surface area (Å²) in [4.78, 5) is 22.2. The number of rotatable bonds is 5. The molecule has 2 N–H and O–H groups in total. The number of phenols is 1. The van der Waals surface area contributed by atoms with Crippen molar-refractivity contribution in [2.45, 2.75) is 16.7 Å². The molecule has 1 saturated heterocycles. The van der Waals surface area contributed by atoms with E-state index >= 15 is 0 Å². The maximum absolute atomic E-state index is 9.56. The van der Waals surface area contributed by atoms with E-state index in [2.05, 4.69) is 55.3 Å². The third-order valence-electron chi connectivity index (χ3n) is 5.12. The third kappa shape index (κ3) is 4.44. The van der Waals surface area contributed by atoms with Crippen LogP contribution >= 0.6 is 11.8 Å². The molecule has 9 heteroatoms. The lowest BCUT2D eigenvalue weighted by Gasteiger charge is -2.26. The number of nitrogens with zero attached hydrogens (tertiary/aromatic N) is 5. The van der Waals surface area contributed by atoms with E-state index in [0.29, 0.717) is 30.6 Å². The number of ether oxygens (including phenoxy) is 1. The Morgan fingerprint density at radius 3 is 2.66 bits per heavy atom. The predicted molar refractivity (Wildman–Crippen MR) is 125 cm³/mol. The highest BCUT2D eigenvalue weighted by Crippen LogP contribution is 2.36. The maximum Gasteiger partial charge on any atom is 0.227 e. The second-order valence-corrected chi connectivity index (χ2v) is 8.56. The third-order valence-corrected chi connectivity index (χ3v) is 6.21. The van der Waals surface area contributed by atoms with Crippen LogP contribution in [0, 0.1) is 6.92 Å². The molecule has 0 amide bonds. The molecule has 3 heterocycles. The van der Waals surface area contributed by atoms with E-state index < -0.39 is 0 Å². The van der Waals surface area contributed by atoms with Crippen molar-refractivity contribution in [1.29, 1.82) is 0 Å². The minimum absolute atomic E-state index is 0.250. The van der Waals surface area contributed by atoms with Gasteiger partial charge in [-0.3, -0.25) is 0 Å². The van der Waals surface area contributed by atoms with Crippen molar-refractivity contribution in [2.24, 2.45) is 0 Å². The standard InChI is InChI=1S/C23H22N6O2S/c1-15-2-7-20(32-17-5-3-16(30)4-6-17)19(12-15)27-21-18-13-24-23(28-22(18)26-14-25-21)29-8-10-31-11-9-29/h2-7,12-14,30H,8-11H2,1H3,(H,24,25,26,27,28). The van der Waals surface area contributed by atoms with Crippen LogP contribution in [0.15, 0.2) is 64.8 Å². The highest BCUT2D eigenvalue weighted by atomic mass is 32.2. The number of benzene rings is 2. The zero-order valence-electron chi connectivity index (χ0n) is 17.5. The van der Waals surface area contributed by atoms with Crippen LogP contribution in [0.5, 0.6) is 5.75 Å². The molecular formula is C23H22N6O2S. The number of morpholine rings is 1. The molecule has 5 rings (SSSR count). The maximum atomic E-state index is 9.56. The number of nitrogens with one attached hydrogen (secondary N) is 1. The first kappa shape index (κ1) is 20.5. The van der Waals surface area contributed by atoms with Gasteiger partial charge in [0.05, 0.1) is 24.3 Å². The van der Waals surface area contributed by atoms with Crippen LogP contribution < -0.4 is 10.2 Å². The first-order chi connectivity index (χ1) is 15.7. The second kappa shape index (κ2) is 8.97. The lowest BCUT2D eigenvalue weighted by Crippen LogP contribution is -2.37. The van der Waals surface area contributed by atoms with Crippen molar-refractivity contribution >= 4 is 40.2 Å². The van der Waals surface area contributed by atoms with Crippen LogP contribution in [0.4, 0.5) is 17.5 Å².